The summed E-state index contributed by atoms with van der Waals surface area (Å²) in [6, 6.07) is 2.06. The first-order valence-electron chi connectivity index (χ1n) is 4.74. The number of hydrogen-bond donors (Lipinski definition) is 1. The second-order valence-corrected chi connectivity index (χ2v) is 4.59. The van der Waals surface area contributed by atoms with E-state index >= 15 is 0 Å². The summed E-state index contributed by atoms with van der Waals surface area (Å²) in [7, 11) is 0. The fourth-order valence-electron chi connectivity index (χ4n) is 1.32. The van der Waals surface area contributed by atoms with Crippen LogP contribution < -0.4 is 5.73 Å². The minimum Gasteiger partial charge on any atom is -0.323 e. The highest BCUT2D eigenvalue weighted by molar-refractivity contribution is 7.10. The molecule has 82 valence electrons. The summed E-state index contributed by atoms with van der Waals surface area (Å²) in [5.41, 5.74) is 6.01. The maximum Gasteiger partial charge on any atom is 0.0561 e. The van der Waals surface area contributed by atoms with Crippen LogP contribution in [0.25, 0.3) is 0 Å². The van der Waals surface area contributed by atoms with Crippen molar-refractivity contribution < 1.29 is 0 Å². The molecule has 0 spiro atoms. The normalized spacial score (nSPS) is 12.2. The van der Waals surface area contributed by atoms with E-state index in [1.807, 2.05) is 11.4 Å². The largest absolute Gasteiger partial charge is 0.323 e. The van der Waals surface area contributed by atoms with Crippen molar-refractivity contribution in [2.45, 2.75) is 38.6 Å². The number of nitrogens with two attached hydrogens (primary N) is 1. The Kier molecular flexibility index (Phi) is 7.65. The van der Waals surface area contributed by atoms with Gasteiger partial charge in [0.2, 0.25) is 0 Å². The van der Waals surface area contributed by atoms with Crippen molar-refractivity contribution in [1.29, 1.82) is 0 Å². The Morgan fingerprint density at radius 3 is 2.71 bits per heavy atom. The van der Waals surface area contributed by atoms with Gasteiger partial charge in [-0.2, -0.15) is 0 Å². The molecule has 0 fully saturated rings. The van der Waals surface area contributed by atoms with E-state index in [4.69, 9.17) is 17.3 Å². The number of halogens is 2. The van der Waals surface area contributed by atoms with Gasteiger partial charge in [-0.25, -0.2) is 0 Å². The highest BCUT2D eigenvalue weighted by atomic mass is 35.5. The van der Waals surface area contributed by atoms with E-state index in [0.717, 1.165) is 16.3 Å². The molecule has 1 rings (SSSR count). The molecule has 0 bridgehead atoms. The van der Waals surface area contributed by atoms with Crippen molar-refractivity contribution in [3.8, 4) is 0 Å². The Labute approximate surface area is 101 Å². The molecule has 14 heavy (non-hydrogen) atoms. The maximum absolute atomic E-state index is 6.01. The van der Waals surface area contributed by atoms with Crippen LogP contribution in [-0.4, -0.2) is 0 Å². The van der Waals surface area contributed by atoms with Gasteiger partial charge in [0, 0.05) is 10.9 Å². The Morgan fingerprint density at radius 1 is 1.50 bits per heavy atom. The standard InChI is InChI=1S/C10H16ClNS.ClH/c1-2-3-4-5-9(12)10-8(11)6-7-13-10;/h6-7,9H,2-5,12H2,1H3;1H/t9-;/m1./s1. The van der Waals surface area contributed by atoms with Gasteiger partial charge >= 0.3 is 0 Å². The number of rotatable bonds is 5. The van der Waals surface area contributed by atoms with E-state index in [-0.39, 0.29) is 18.4 Å². The van der Waals surface area contributed by atoms with Crippen molar-refractivity contribution >= 4 is 35.3 Å². The lowest BCUT2D eigenvalue weighted by Gasteiger charge is -2.09. The summed E-state index contributed by atoms with van der Waals surface area (Å²) >= 11 is 7.64. The van der Waals surface area contributed by atoms with Gasteiger partial charge < -0.3 is 5.73 Å². The first kappa shape index (κ1) is 14.2. The zero-order chi connectivity index (χ0) is 9.68. The zero-order valence-electron chi connectivity index (χ0n) is 8.33. The summed E-state index contributed by atoms with van der Waals surface area (Å²) < 4.78 is 0. The zero-order valence-corrected chi connectivity index (χ0v) is 10.7. The monoisotopic (exact) mass is 253 g/mol. The van der Waals surface area contributed by atoms with Crippen molar-refractivity contribution in [3.05, 3.63) is 21.3 Å². The molecule has 0 unspecified atom stereocenters. The first-order valence-corrected chi connectivity index (χ1v) is 6.00. The number of thiophene rings is 1. The molecule has 1 aromatic heterocycles. The van der Waals surface area contributed by atoms with Crippen LogP contribution in [0.2, 0.25) is 5.02 Å². The van der Waals surface area contributed by atoms with Gasteiger partial charge in [0.15, 0.2) is 0 Å². The van der Waals surface area contributed by atoms with Gasteiger partial charge in [0.05, 0.1) is 5.02 Å². The van der Waals surface area contributed by atoms with Crippen molar-refractivity contribution in [3.63, 3.8) is 0 Å². The lowest BCUT2D eigenvalue weighted by Crippen LogP contribution is -2.08. The van der Waals surface area contributed by atoms with Gasteiger partial charge in [-0.05, 0) is 17.9 Å². The van der Waals surface area contributed by atoms with Gasteiger partial charge in [-0.3, -0.25) is 0 Å². The quantitative estimate of drug-likeness (QED) is 0.774. The molecule has 4 heteroatoms. The van der Waals surface area contributed by atoms with Crippen LogP contribution in [0.15, 0.2) is 11.4 Å². The Balaban J connectivity index is 0.00000169. The highest BCUT2D eigenvalue weighted by Crippen LogP contribution is 2.29. The van der Waals surface area contributed by atoms with Crippen LogP contribution in [0.3, 0.4) is 0 Å². The molecule has 0 amide bonds. The van der Waals surface area contributed by atoms with Crippen LogP contribution in [0.4, 0.5) is 0 Å². The molecule has 0 aromatic carbocycles. The molecule has 1 aromatic rings. The number of unbranched alkanes of at least 4 members (excludes halogenated alkanes) is 2. The van der Waals surface area contributed by atoms with Gasteiger partial charge in [-0.1, -0.05) is 37.8 Å². The molecule has 2 N–H and O–H groups in total. The topological polar surface area (TPSA) is 26.0 Å². The summed E-state index contributed by atoms with van der Waals surface area (Å²) in [4.78, 5) is 1.14. The molecule has 0 saturated carbocycles. The van der Waals surface area contributed by atoms with Crippen molar-refractivity contribution in [1.82, 2.24) is 0 Å². The average Bonchev–Trinajstić information content (AvgIpc) is 2.52. The summed E-state index contributed by atoms with van der Waals surface area (Å²) in [5.74, 6) is 0. The van der Waals surface area contributed by atoms with Crippen LogP contribution in [-0.2, 0) is 0 Å². The van der Waals surface area contributed by atoms with Crippen molar-refractivity contribution in [2.75, 3.05) is 0 Å². The van der Waals surface area contributed by atoms with E-state index in [2.05, 4.69) is 6.92 Å². The van der Waals surface area contributed by atoms with E-state index in [1.165, 1.54) is 19.3 Å². The lowest BCUT2D eigenvalue weighted by molar-refractivity contribution is 0.587. The molecular weight excluding hydrogens is 237 g/mol. The fourth-order valence-corrected chi connectivity index (χ4v) is 2.55. The maximum atomic E-state index is 6.01. The molecule has 0 radical (unpaired) electrons. The predicted molar refractivity (Wildman–Crippen MR) is 67.6 cm³/mol. The molecule has 1 nitrogen and oxygen atoms in total. The second kappa shape index (κ2) is 7.52. The summed E-state index contributed by atoms with van der Waals surface area (Å²) in [5, 5.41) is 2.83. The third-order valence-corrected chi connectivity index (χ3v) is 3.59. The van der Waals surface area contributed by atoms with E-state index in [1.54, 1.807) is 11.3 Å². The predicted octanol–water partition coefficient (Wildman–Crippen LogP) is 4.40. The van der Waals surface area contributed by atoms with Crippen LogP contribution in [0.1, 0.15) is 43.5 Å². The Morgan fingerprint density at radius 2 is 2.21 bits per heavy atom. The third kappa shape index (κ3) is 4.18. The van der Waals surface area contributed by atoms with Gasteiger partial charge in [-0.15, -0.1) is 23.7 Å². The molecule has 1 atom stereocenters. The van der Waals surface area contributed by atoms with Crippen LogP contribution >= 0.6 is 35.3 Å². The first-order chi connectivity index (χ1) is 6.25. The number of hydrogen-bond acceptors (Lipinski definition) is 2. The van der Waals surface area contributed by atoms with Crippen LogP contribution in [0.5, 0.6) is 0 Å². The molecule has 0 aliphatic heterocycles. The fraction of sp³-hybridized carbons (Fsp3) is 0.600. The Hall–Kier alpha value is 0.240. The second-order valence-electron chi connectivity index (χ2n) is 3.24. The van der Waals surface area contributed by atoms with Crippen LogP contribution in [0, 0.1) is 0 Å². The molecule has 1 heterocycles. The van der Waals surface area contributed by atoms with Crippen molar-refractivity contribution in [2.24, 2.45) is 5.73 Å². The third-order valence-electron chi connectivity index (χ3n) is 2.10. The molecule has 0 saturated heterocycles. The minimum atomic E-state index is 0. The molecular formula is C10H17Cl2NS. The summed E-state index contributed by atoms with van der Waals surface area (Å²) in [6.45, 7) is 2.20. The smallest absolute Gasteiger partial charge is 0.0561 e. The SMILES string of the molecule is CCCCC[C@@H](N)c1sccc1Cl.Cl. The molecule has 0 aliphatic rings. The van der Waals surface area contributed by atoms with Gasteiger partial charge in [0.1, 0.15) is 0 Å². The van der Waals surface area contributed by atoms with Gasteiger partial charge in [0.25, 0.3) is 0 Å². The van der Waals surface area contributed by atoms with E-state index in [9.17, 15) is 0 Å². The van der Waals surface area contributed by atoms with E-state index in [0.29, 0.717) is 0 Å². The molecule has 0 aliphatic carbocycles. The highest BCUT2D eigenvalue weighted by Gasteiger charge is 2.10. The van der Waals surface area contributed by atoms with E-state index < -0.39 is 0 Å². The summed E-state index contributed by atoms with van der Waals surface area (Å²) in [6.07, 6.45) is 4.75. The lowest BCUT2D eigenvalue weighted by atomic mass is 10.1. The minimum absolute atomic E-state index is 0. The Bertz CT molecular complexity index is 250. The average molecular weight is 254 g/mol.